The molecule has 0 radical (unpaired) electrons. The SMILES string of the molecule is CC#CCCNc1cccc(I)c1. The van der Waals surface area contributed by atoms with Crippen molar-refractivity contribution in [2.24, 2.45) is 0 Å². The Morgan fingerprint density at radius 1 is 1.46 bits per heavy atom. The summed E-state index contributed by atoms with van der Waals surface area (Å²) < 4.78 is 1.25. The minimum Gasteiger partial charge on any atom is -0.384 e. The van der Waals surface area contributed by atoms with Gasteiger partial charge in [-0.15, -0.1) is 11.8 Å². The number of nitrogens with one attached hydrogen (secondary N) is 1. The number of benzene rings is 1. The van der Waals surface area contributed by atoms with Crippen molar-refractivity contribution in [3.63, 3.8) is 0 Å². The summed E-state index contributed by atoms with van der Waals surface area (Å²) >= 11 is 2.31. The molecule has 0 aromatic heterocycles. The van der Waals surface area contributed by atoms with Gasteiger partial charge in [-0.25, -0.2) is 0 Å². The molecule has 1 rings (SSSR count). The number of anilines is 1. The Labute approximate surface area is 93.1 Å². The van der Waals surface area contributed by atoms with Crippen molar-refractivity contribution in [3.8, 4) is 11.8 Å². The van der Waals surface area contributed by atoms with Crippen LogP contribution in [0.25, 0.3) is 0 Å². The van der Waals surface area contributed by atoms with Crippen LogP contribution in [0.5, 0.6) is 0 Å². The fourth-order valence-electron chi connectivity index (χ4n) is 0.993. The molecule has 13 heavy (non-hydrogen) atoms. The van der Waals surface area contributed by atoms with Crippen LogP contribution in [0.4, 0.5) is 5.69 Å². The first-order valence-corrected chi connectivity index (χ1v) is 5.30. The maximum absolute atomic E-state index is 3.31. The largest absolute Gasteiger partial charge is 0.384 e. The van der Waals surface area contributed by atoms with Gasteiger partial charge in [0.2, 0.25) is 0 Å². The average molecular weight is 285 g/mol. The molecule has 0 aliphatic heterocycles. The van der Waals surface area contributed by atoms with Gasteiger partial charge >= 0.3 is 0 Å². The van der Waals surface area contributed by atoms with E-state index in [4.69, 9.17) is 0 Å². The molecule has 0 heterocycles. The Morgan fingerprint density at radius 2 is 2.31 bits per heavy atom. The van der Waals surface area contributed by atoms with Crippen molar-refractivity contribution >= 4 is 28.3 Å². The molecule has 68 valence electrons. The number of rotatable bonds is 3. The summed E-state index contributed by atoms with van der Waals surface area (Å²) in [5, 5.41) is 3.31. The third-order valence-electron chi connectivity index (χ3n) is 1.58. The molecule has 0 aliphatic carbocycles. The minimum absolute atomic E-state index is 0.905. The summed E-state index contributed by atoms with van der Waals surface area (Å²) in [5.74, 6) is 5.89. The van der Waals surface area contributed by atoms with E-state index >= 15 is 0 Å². The van der Waals surface area contributed by atoms with Gasteiger partial charge in [-0.2, -0.15) is 0 Å². The first kappa shape index (κ1) is 10.4. The van der Waals surface area contributed by atoms with Gasteiger partial charge in [0.15, 0.2) is 0 Å². The Bertz CT molecular complexity index is 322. The summed E-state index contributed by atoms with van der Waals surface area (Å²) in [6, 6.07) is 8.33. The van der Waals surface area contributed by atoms with E-state index in [1.807, 2.05) is 6.92 Å². The van der Waals surface area contributed by atoms with E-state index in [-0.39, 0.29) is 0 Å². The van der Waals surface area contributed by atoms with Crippen LogP contribution in [0.2, 0.25) is 0 Å². The van der Waals surface area contributed by atoms with Crippen LogP contribution in [0.15, 0.2) is 24.3 Å². The summed E-state index contributed by atoms with van der Waals surface area (Å²) in [6.45, 7) is 2.78. The summed E-state index contributed by atoms with van der Waals surface area (Å²) in [7, 11) is 0. The van der Waals surface area contributed by atoms with Crippen LogP contribution >= 0.6 is 22.6 Å². The third kappa shape index (κ3) is 4.18. The van der Waals surface area contributed by atoms with Crippen molar-refractivity contribution in [2.75, 3.05) is 11.9 Å². The van der Waals surface area contributed by atoms with Gasteiger partial charge < -0.3 is 5.32 Å². The molecule has 1 N–H and O–H groups in total. The van der Waals surface area contributed by atoms with Gasteiger partial charge in [0.25, 0.3) is 0 Å². The Kier molecular flexibility index (Phi) is 4.69. The van der Waals surface area contributed by atoms with Crippen LogP contribution in [-0.4, -0.2) is 6.54 Å². The van der Waals surface area contributed by atoms with E-state index in [0.717, 1.165) is 13.0 Å². The third-order valence-corrected chi connectivity index (χ3v) is 2.25. The molecule has 1 aromatic carbocycles. The summed E-state index contributed by atoms with van der Waals surface area (Å²) in [4.78, 5) is 0. The molecular formula is C11H12IN. The Morgan fingerprint density at radius 3 is 3.00 bits per heavy atom. The summed E-state index contributed by atoms with van der Waals surface area (Å²) in [5.41, 5.74) is 1.17. The minimum atomic E-state index is 0.905. The quantitative estimate of drug-likeness (QED) is 0.511. The predicted octanol–water partition coefficient (Wildman–Crippen LogP) is 3.12. The highest BCUT2D eigenvalue weighted by molar-refractivity contribution is 14.1. The molecule has 0 aliphatic rings. The summed E-state index contributed by atoms with van der Waals surface area (Å²) in [6.07, 6.45) is 0.905. The average Bonchev–Trinajstić information content (AvgIpc) is 2.13. The van der Waals surface area contributed by atoms with Gasteiger partial charge in [0.1, 0.15) is 0 Å². The van der Waals surface area contributed by atoms with E-state index in [0.29, 0.717) is 0 Å². The van der Waals surface area contributed by atoms with Crippen LogP contribution in [0, 0.1) is 15.4 Å². The molecule has 0 spiro atoms. The lowest BCUT2D eigenvalue weighted by atomic mass is 10.3. The fraction of sp³-hybridized carbons (Fsp3) is 0.273. The molecule has 0 amide bonds. The van der Waals surface area contributed by atoms with E-state index in [9.17, 15) is 0 Å². The standard InChI is InChI=1S/C11H12IN/c1-2-3-4-8-13-11-7-5-6-10(12)9-11/h5-7,9,13H,4,8H2,1H3. The van der Waals surface area contributed by atoms with E-state index in [2.05, 4.69) is 64.0 Å². The Balaban J connectivity index is 2.39. The number of halogens is 1. The predicted molar refractivity (Wildman–Crippen MR) is 65.7 cm³/mol. The number of hydrogen-bond donors (Lipinski definition) is 1. The lowest BCUT2D eigenvalue weighted by Crippen LogP contribution is -1.99. The normalized spacial score (nSPS) is 8.77. The first-order valence-electron chi connectivity index (χ1n) is 4.22. The van der Waals surface area contributed by atoms with E-state index in [1.54, 1.807) is 0 Å². The highest BCUT2D eigenvalue weighted by Gasteiger charge is 1.90. The fourth-order valence-corrected chi connectivity index (χ4v) is 1.54. The van der Waals surface area contributed by atoms with Crippen molar-refractivity contribution in [2.45, 2.75) is 13.3 Å². The lowest BCUT2D eigenvalue weighted by molar-refractivity contribution is 1.10. The highest BCUT2D eigenvalue weighted by Crippen LogP contribution is 2.11. The van der Waals surface area contributed by atoms with Crippen LogP contribution in [-0.2, 0) is 0 Å². The van der Waals surface area contributed by atoms with Gasteiger partial charge in [0, 0.05) is 22.2 Å². The number of hydrogen-bond acceptors (Lipinski definition) is 1. The molecular weight excluding hydrogens is 273 g/mol. The van der Waals surface area contributed by atoms with E-state index in [1.165, 1.54) is 9.26 Å². The van der Waals surface area contributed by atoms with Crippen LogP contribution in [0.1, 0.15) is 13.3 Å². The van der Waals surface area contributed by atoms with Crippen molar-refractivity contribution in [1.82, 2.24) is 0 Å². The van der Waals surface area contributed by atoms with Crippen LogP contribution in [0.3, 0.4) is 0 Å². The van der Waals surface area contributed by atoms with Crippen LogP contribution < -0.4 is 5.32 Å². The maximum atomic E-state index is 3.31. The lowest BCUT2D eigenvalue weighted by Gasteiger charge is -2.03. The van der Waals surface area contributed by atoms with Gasteiger partial charge in [-0.05, 0) is 47.7 Å². The zero-order chi connectivity index (χ0) is 9.52. The molecule has 1 aromatic rings. The molecule has 0 saturated carbocycles. The second-order valence-electron chi connectivity index (χ2n) is 2.61. The van der Waals surface area contributed by atoms with E-state index < -0.39 is 0 Å². The molecule has 2 heteroatoms. The smallest absolute Gasteiger partial charge is 0.0351 e. The molecule has 0 atom stereocenters. The molecule has 0 saturated heterocycles. The molecule has 0 unspecified atom stereocenters. The molecule has 1 nitrogen and oxygen atoms in total. The van der Waals surface area contributed by atoms with Gasteiger partial charge in [-0.3, -0.25) is 0 Å². The monoisotopic (exact) mass is 285 g/mol. The van der Waals surface area contributed by atoms with Crippen molar-refractivity contribution in [3.05, 3.63) is 27.8 Å². The first-order chi connectivity index (χ1) is 6.33. The maximum Gasteiger partial charge on any atom is 0.0351 e. The zero-order valence-corrected chi connectivity index (χ0v) is 9.76. The highest BCUT2D eigenvalue weighted by atomic mass is 127. The van der Waals surface area contributed by atoms with Gasteiger partial charge in [0.05, 0.1) is 0 Å². The molecule has 0 fully saturated rings. The van der Waals surface area contributed by atoms with Crippen molar-refractivity contribution in [1.29, 1.82) is 0 Å². The second-order valence-corrected chi connectivity index (χ2v) is 3.86. The molecule has 0 bridgehead atoms. The topological polar surface area (TPSA) is 12.0 Å². The van der Waals surface area contributed by atoms with Crippen molar-refractivity contribution < 1.29 is 0 Å². The van der Waals surface area contributed by atoms with Gasteiger partial charge in [-0.1, -0.05) is 6.07 Å². The second kappa shape index (κ2) is 5.87. The zero-order valence-electron chi connectivity index (χ0n) is 7.60. The Hall–Kier alpha value is -0.690.